The first kappa shape index (κ1) is 19.5. The van der Waals surface area contributed by atoms with Crippen LogP contribution in [-0.2, 0) is 10.0 Å². The summed E-state index contributed by atoms with van der Waals surface area (Å²) >= 11 is 1.81. The van der Waals surface area contributed by atoms with Gasteiger partial charge < -0.3 is 5.32 Å². The van der Waals surface area contributed by atoms with Crippen molar-refractivity contribution in [1.29, 1.82) is 0 Å². The van der Waals surface area contributed by atoms with Gasteiger partial charge in [0.05, 0.1) is 10.9 Å². The Morgan fingerprint density at radius 3 is 2.46 bits per heavy atom. The number of piperidine rings is 1. The van der Waals surface area contributed by atoms with Gasteiger partial charge in [-0.1, -0.05) is 24.6 Å². The highest BCUT2D eigenvalue weighted by atomic mass is 32.2. The van der Waals surface area contributed by atoms with Crippen molar-refractivity contribution in [2.75, 3.05) is 18.8 Å². The van der Waals surface area contributed by atoms with Gasteiger partial charge in [-0.15, -0.1) is 11.8 Å². The van der Waals surface area contributed by atoms with Crippen LogP contribution in [0.2, 0.25) is 0 Å². The third kappa shape index (κ3) is 3.97. The smallest absolute Gasteiger partial charge is 0.251 e. The van der Waals surface area contributed by atoms with Gasteiger partial charge in [-0.3, -0.25) is 4.79 Å². The third-order valence-corrected chi connectivity index (χ3v) is 8.37. The molecule has 148 valence electrons. The van der Waals surface area contributed by atoms with E-state index in [0.29, 0.717) is 18.7 Å². The first-order chi connectivity index (χ1) is 13.6. The Hall–Kier alpha value is -1.83. The Morgan fingerprint density at radius 1 is 1.00 bits per heavy atom. The molecule has 4 rings (SSSR count). The van der Waals surface area contributed by atoms with Crippen molar-refractivity contribution >= 4 is 27.7 Å². The van der Waals surface area contributed by atoms with Crippen molar-refractivity contribution in [2.24, 2.45) is 0 Å². The Bertz CT molecular complexity index is 952. The van der Waals surface area contributed by atoms with Crippen molar-refractivity contribution in [3.8, 4) is 0 Å². The number of carbonyl (C=O) groups is 1. The molecule has 0 unspecified atom stereocenters. The Balaban J connectivity index is 1.48. The lowest BCUT2D eigenvalue weighted by atomic mass is 10.0. The predicted octanol–water partition coefficient (Wildman–Crippen LogP) is 3.83. The molecule has 5 nitrogen and oxygen atoms in total. The number of amides is 1. The lowest BCUT2D eigenvalue weighted by molar-refractivity contribution is 0.0935. The van der Waals surface area contributed by atoms with Crippen molar-refractivity contribution in [3.63, 3.8) is 0 Å². The molecule has 1 N–H and O–H groups in total. The summed E-state index contributed by atoms with van der Waals surface area (Å²) < 4.78 is 27.0. The van der Waals surface area contributed by atoms with Gasteiger partial charge in [0.15, 0.2) is 0 Å². The fourth-order valence-electron chi connectivity index (χ4n) is 3.77. The minimum atomic E-state index is -3.47. The summed E-state index contributed by atoms with van der Waals surface area (Å²) in [4.78, 5) is 14.2. The highest BCUT2D eigenvalue weighted by Crippen LogP contribution is 2.36. The molecule has 2 heterocycles. The predicted molar refractivity (Wildman–Crippen MR) is 111 cm³/mol. The van der Waals surface area contributed by atoms with Crippen LogP contribution in [0.4, 0.5) is 0 Å². The Kier molecular flexibility index (Phi) is 5.75. The van der Waals surface area contributed by atoms with E-state index in [4.69, 9.17) is 0 Å². The molecule has 0 bridgehead atoms. The molecule has 0 aliphatic carbocycles. The van der Waals surface area contributed by atoms with Gasteiger partial charge in [0.25, 0.3) is 5.91 Å². The van der Waals surface area contributed by atoms with E-state index in [1.807, 2.05) is 23.9 Å². The van der Waals surface area contributed by atoms with Gasteiger partial charge in [0, 0.05) is 29.3 Å². The second-order valence-corrected chi connectivity index (χ2v) is 10.3. The molecule has 28 heavy (non-hydrogen) atoms. The van der Waals surface area contributed by atoms with E-state index in [0.717, 1.165) is 37.0 Å². The van der Waals surface area contributed by atoms with Crippen LogP contribution in [0.25, 0.3) is 0 Å². The summed E-state index contributed by atoms with van der Waals surface area (Å²) in [5.41, 5.74) is 1.63. The monoisotopic (exact) mass is 416 g/mol. The molecule has 0 saturated carbocycles. The average molecular weight is 417 g/mol. The summed E-state index contributed by atoms with van der Waals surface area (Å²) in [5, 5.41) is 3.10. The molecule has 2 aromatic rings. The van der Waals surface area contributed by atoms with Crippen molar-refractivity contribution in [3.05, 3.63) is 59.7 Å². The quantitative estimate of drug-likeness (QED) is 0.823. The van der Waals surface area contributed by atoms with Crippen LogP contribution >= 0.6 is 11.8 Å². The fourth-order valence-corrected chi connectivity index (χ4v) is 6.41. The third-order valence-electron chi connectivity index (χ3n) is 5.33. The lowest BCUT2D eigenvalue weighted by Crippen LogP contribution is -2.35. The van der Waals surface area contributed by atoms with Crippen LogP contribution in [-0.4, -0.2) is 37.5 Å². The van der Waals surface area contributed by atoms with Crippen molar-refractivity contribution in [1.82, 2.24) is 9.62 Å². The zero-order valence-corrected chi connectivity index (χ0v) is 17.3. The molecule has 1 fully saturated rings. The van der Waals surface area contributed by atoms with E-state index in [1.165, 1.54) is 4.90 Å². The average Bonchev–Trinajstić information content (AvgIpc) is 2.75. The maximum Gasteiger partial charge on any atom is 0.251 e. The highest BCUT2D eigenvalue weighted by molar-refractivity contribution is 7.99. The van der Waals surface area contributed by atoms with Gasteiger partial charge in [0.2, 0.25) is 10.0 Å². The number of hydrogen-bond donors (Lipinski definition) is 1. The van der Waals surface area contributed by atoms with Gasteiger partial charge in [-0.25, -0.2) is 8.42 Å². The normalized spacial score (nSPS) is 20.4. The van der Waals surface area contributed by atoms with Gasteiger partial charge in [0.1, 0.15) is 0 Å². The summed E-state index contributed by atoms with van der Waals surface area (Å²) in [7, 11) is -3.47. The zero-order chi connectivity index (χ0) is 19.6. The SMILES string of the molecule is O=C(N[C@@H]1CCSc2ccccc21)c1ccc(S(=O)(=O)N2CCCCC2)cc1. The van der Waals surface area contributed by atoms with E-state index >= 15 is 0 Å². The standard InChI is InChI=1S/C21H24N2O3S2/c24-21(22-19-12-15-27-20-7-3-2-6-18(19)20)16-8-10-17(11-9-16)28(25,26)23-13-4-1-5-14-23/h2-3,6-11,19H,1,4-5,12-15H2,(H,22,24)/t19-/m1/s1. The highest BCUT2D eigenvalue weighted by Gasteiger charge is 2.26. The van der Waals surface area contributed by atoms with Crippen molar-refractivity contribution < 1.29 is 13.2 Å². The lowest BCUT2D eigenvalue weighted by Gasteiger charge is -2.26. The molecule has 2 aromatic carbocycles. The minimum absolute atomic E-state index is 0.0123. The van der Waals surface area contributed by atoms with Gasteiger partial charge >= 0.3 is 0 Å². The van der Waals surface area contributed by atoms with E-state index in [2.05, 4.69) is 17.4 Å². The molecule has 2 aliphatic heterocycles. The number of hydrogen-bond acceptors (Lipinski definition) is 4. The number of carbonyl (C=O) groups excluding carboxylic acids is 1. The van der Waals surface area contributed by atoms with Crippen LogP contribution in [0.15, 0.2) is 58.3 Å². The number of rotatable bonds is 4. The fraction of sp³-hybridized carbons (Fsp3) is 0.381. The molecule has 1 amide bonds. The van der Waals surface area contributed by atoms with Crippen LogP contribution in [0.3, 0.4) is 0 Å². The number of fused-ring (bicyclic) bond motifs is 1. The molecule has 7 heteroatoms. The molecule has 2 aliphatic rings. The van der Waals surface area contributed by atoms with E-state index in [9.17, 15) is 13.2 Å². The molecular formula is C21H24N2O3S2. The van der Waals surface area contributed by atoms with Gasteiger partial charge in [-0.2, -0.15) is 4.31 Å². The van der Waals surface area contributed by atoms with Crippen LogP contribution in [0, 0.1) is 0 Å². The second kappa shape index (κ2) is 8.27. The maximum absolute atomic E-state index is 12.7. The van der Waals surface area contributed by atoms with Crippen LogP contribution < -0.4 is 5.32 Å². The van der Waals surface area contributed by atoms with E-state index in [-0.39, 0.29) is 16.8 Å². The Morgan fingerprint density at radius 2 is 1.71 bits per heavy atom. The van der Waals surface area contributed by atoms with Crippen LogP contribution in [0.1, 0.15) is 47.6 Å². The number of thioether (sulfide) groups is 1. The zero-order valence-electron chi connectivity index (χ0n) is 15.6. The molecule has 1 saturated heterocycles. The number of nitrogens with one attached hydrogen (secondary N) is 1. The van der Waals surface area contributed by atoms with Gasteiger partial charge in [-0.05, 0) is 55.2 Å². The molecule has 0 spiro atoms. The summed E-state index contributed by atoms with van der Waals surface area (Å²) in [6, 6.07) is 14.4. The second-order valence-electron chi connectivity index (χ2n) is 7.19. The Labute approximate surface area is 170 Å². The number of nitrogens with zero attached hydrogens (tertiary/aromatic N) is 1. The first-order valence-electron chi connectivity index (χ1n) is 9.68. The van der Waals surface area contributed by atoms with E-state index < -0.39 is 10.0 Å². The largest absolute Gasteiger partial charge is 0.345 e. The van der Waals surface area contributed by atoms with Crippen LogP contribution in [0.5, 0.6) is 0 Å². The molecule has 0 aromatic heterocycles. The number of sulfonamides is 1. The first-order valence-corrected chi connectivity index (χ1v) is 12.1. The van der Waals surface area contributed by atoms with E-state index in [1.54, 1.807) is 28.6 Å². The number of benzene rings is 2. The molecular weight excluding hydrogens is 392 g/mol. The summed E-state index contributed by atoms with van der Waals surface area (Å²) in [6.07, 6.45) is 3.77. The minimum Gasteiger partial charge on any atom is -0.345 e. The maximum atomic E-state index is 12.7. The molecule has 0 radical (unpaired) electrons. The molecule has 1 atom stereocenters. The van der Waals surface area contributed by atoms with Crippen molar-refractivity contribution in [2.45, 2.75) is 41.5 Å². The topological polar surface area (TPSA) is 66.5 Å². The summed E-state index contributed by atoms with van der Waals surface area (Å²) in [6.45, 7) is 1.15. The summed E-state index contributed by atoms with van der Waals surface area (Å²) in [5.74, 6) is 0.795.